The Balaban J connectivity index is 0.00000243. The molecule has 0 aliphatic carbocycles. The lowest BCUT2D eigenvalue weighted by atomic mass is 10.1. The van der Waals surface area contributed by atoms with Crippen LogP contribution in [0, 0.1) is 5.82 Å². The van der Waals surface area contributed by atoms with Crippen LogP contribution in [0.2, 0.25) is 0 Å². The maximum absolute atomic E-state index is 14.1. The van der Waals surface area contributed by atoms with Gasteiger partial charge in [0.25, 0.3) is 5.91 Å². The van der Waals surface area contributed by atoms with E-state index in [0.29, 0.717) is 31.0 Å². The molecule has 1 heterocycles. The highest BCUT2D eigenvalue weighted by Gasteiger charge is 2.27. The van der Waals surface area contributed by atoms with Crippen LogP contribution in [-0.4, -0.2) is 41.7 Å². The Morgan fingerprint density at radius 2 is 1.92 bits per heavy atom. The number of nitrogens with two attached hydrogens (primary N) is 1. The predicted octanol–water partition coefficient (Wildman–Crippen LogP) is 2.75. The van der Waals surface area contributed by atoms with E-state index in [1.165, 1.54) is 23.1 Å². The van der Waals surface area contributed by atoms with Crippen LogP contribution in [0.4, 0.5) is 4.39 Å². The second-order valence-electron chi connectivity index (χ2n) is 6.12. The molecule has 3 N–H and O–H groups in total. The van der Waals surface area contributed by atoms with Crippen molar-refractivity contribution in [3.05, 3.63) is 59.4 Å². The second kappa shape index (κ2) is 8.98. The summed E-state index contributed by atoms with van der Waals surface area (Å²) < 4.78 is 19.8. The van der Waals surface area contributed by atoms with Crippen molar-refractivity contribution in [2.24, 2.45) is 5.73 Å². The van der Waals surface area contributed by atoms with Crippen LogP contribution in [0.25, 0.3) is 0 Å². The molecule has 7 heteroatoms. The van der Waals surface area contributed by atoms with Gasteiger partial charge in [0.2, 0.25) is 0 Å². The number of hydrogen-bond donors (Lipinski definition) is 2. The van der Waals surface area contributed by atoms with Crippen LogP contribution in [-0.2, 0) is 6.42 Å². The monoisotopic (exact) mass is 380 g/mol. The van der Waals surface area contributed by atoms with Crippen LogP contribution in [0.15, 0.2) is 42.5 Å². The number of β-amino-alcohol motifs (C(OH)–C–C–N with tert-alkyl or cyclic N) is 1. The summed E-state index contributed by atoms with van der Waals surface area (Å²) in [7, 11) is 0. The van der Waals surface area contributed by atoms with Crippen molar-refractivity contribution in [3.8, 4) is 11.5 Å². The summed E-state index contributed by atoms with van der Waals surface area (Å²) in [6.45, 7) is 1.23. The number of carbonyl (C=O) groups is 1. The summed E-state index contributed by atoms with van der Waals surface area (Å²) in [5.74, 6) is -0.0479. The molecule has 1 saturated heterocycles. The first-order valence-electron chi connectivity index (χ1n) is 8.30. The Morgan fingerprint density at radius 1 is 1.23 bits per heavy atom. The highest BCUT2D eigenvalue weighted by Crippen LogP contribution is 2.25. The highest BCUT2D eigenvalue weighted by atomic mass is 35.5. The third kappa shape index (κ3) is 4.72. The summed E-state index contributed by atoms with van der Waals surface area (Å²) in [5, 5.41) is 9.55. The Labute approximate surface area is 158 Å². The average Bonchev–Trinajstić information content (AvgIpc) is 3.04. The van der Waals surface area contributed by atoms with Gasteiger partial charge in [0, 0.05) is 13.1 Å². The van der Waals surface area contributed by atoms with E-state index in [2.05, 4.69) is 0 Å². The molecular weight excluding hydrogens is 359 g/mol. The molecule has 26 heavy (non-hydrogen) atoms. The smallest absolute Gasteiger partial charge is 0.257 e. The van der Waals surface area contributed by atoms with Crippen molar-refractivity contribution in [1.82, 2.24) is 4.90 Å². The Morgan fingerprint density at radius 3 is 2.54 bits per heavy atom. The fraction of sp³-hybridized carbons (Fsp3) is 0.316. The maximum atomic E-state index is 14.1. The van der Waals surface area contributed by atoms with Crippen molar-refractivity contribution < 1.29 is 19.0 Å². The zero-order valence-corrected chi connectivity index (χ0v) is 15.0. The number of nitrogens with zero attached hydrogens (tertiary/aromatic N) is 1. The van der Waals surface area contributed by atoms with Gasteiger partial charge in [0.1, 0.15) is 17.3 Å². The summed E-state index contributed by atoms with van der Waals surface area (Å²) in [6.07, 6.45) is 0.758. The van der Waals surface area contributed by atoms with E-state index >= 15 is 0 Å². The van der Waals surface area contributed by atoms with Gasteiger partial charge in [0.15, 0.2) is 0 Å². The molecule has 2 aromatic rings. The first-order valence-corrected chi connectivity index (χ1v) is 8.30. The molecule has 2 aromatic carbocycles. The molecule has 1 amide bonds. The number of carbonyl (C=O) groups excluding carboxylic acids is 1. The number of aliphatic hydroxyl groups is 1. The van der Waals surface area contributed by atoms with Gasteiger partial charge in [-0.3, -0.25) is 4.79 Å². The average molecular weight is 381 g/mol. The summed E-state index contributed by atoms with van der Waals surface area (Å²) in [5.41, 5.74) is 6.58. The zero-order chi connectivity index (χ0) is 17.8. The number of likely N-dealkylation sites (tertiary alicyclic amines) is 1. The standard InChI is InChI=1S/C19H21FN2O3.ClH/c20-18-6-5-16(25-15-3-1-13(2-4-15)7-9-21)11-17(18)19(24)22-10-8-14(23)12-22;/h1-6,11,14,23H,7-10,12,21H2;1H. The zero-order valence-electron chi connectivity index (χ0n) is 14.2. The van der Waals surface area contributed by atoms with Gasteiger partial charge in [-0.05, 0) is 55.3 Å². The second-order valence-corrected chi connectivity index (χ2v) is 6.12. The van der Waals surface area contributed by atoms with Crippen molar-refractivity contribution in [3.63, 3.8) is 0 Å². The molecular formula is C19H22ClFN2O3. The minimum absolute atomic E-state index is 0. The van der Waals surface area contributed by atoms with Crippen LogP contribution >= 0.6 is 12.4 Å². The van der Waals surface area contributed by atoms with E-state index < -0.39 is 17.8 Å². The van der Waals surface area contributed by atoms with Crippen LogP contribution in [0.3, 0.4) is 0 Å². The lowest BCUT2D eigenvalue weighted by Crippen LogP contribution is -2.30. The fourth-order valence-electron chi connectivity index (χ4n) is 2.86. The molecule has 0 saturated carbocycles. The molecule has 3 rings (SSSR count). The van der Waals surface area contributed by atoms with Crippen molar-refractivity contribution in [2.45, 2.75) is 18.9 Å². The van der Waals surface area contributed by atoms with Gasteiger partial charge in [-0.15, -0.1) is 12.4 Å². The summed E-state index contributed by atoms with van der Waals surface area (Å²) in [4.78, 5) is 13.9. The molecule has 1 atom stereocenters. The van der Waals surface area contributed by atoms with E-state index in [-0.39, 0.29) is 24.5 Å². The van der Waals surface area contributed by atoms with E-state index in [4.69, 9.17) is 10.5 Å². The van der Waals surface area contributed by atoms with Gasteiger partial charge in [0.05, 0.1) is 11.7 Å². The first-order chi connectivity index (χ1) is 12.1. The number of rotatable bonds is 5. The van der Waals surface area contributed by atoms with E-state index in [1.807, 2.05) is 24.3 Å². The number of hydrogen-bond acceptors (Lipinski definition) is 4. The molecule has 1 unspecified atom stereocenters. The number of benzene rings is 2. The third-order valence-electron chi connectivity index (χ3n) is 4.21. The normalized spacial score (nSPS) is 16.3. The van der Waals surface area contributed by atoms with Crippen molar-refractivity contribution in [2.75, 3.05) is 19.6 Å². The third-order valence-corrected chi connectivity index (χ3v) is 4.21. The molecule has 0 radical (unpaired) electrons. The van der Waals surface area contributed by atoms with Gasteiger partial charge < -0.3 is 20.5 Å². The number of ether oxygens (including phenoxy) is 1. The van der Waals surface area contributed by atoms with Crippen molar-refractivity contribution in [1.29, 1.82) is 0 Å². The maximum Gasteiger partial charge on any atom is 0.257 e. The lowest BCUT2D eigenvalue weighted by Gasteiger charge is -2.16. The number of amides is 1. The van der Waals surface area contributed by atoms with Crippen LogP contribution in [0.1, 0.15) is 22.3 Å². The van der Waals surface area contributed by atoms with Gasteiger partial charge >= 0.3 is 0 Å². The summed E-state index contributed by atoms with van der Waals surface area (Å²) in [6, 6.07) is 11.6. The Hall–Kier alpha value is -2.15. The van der Waals surface area contributed by atoms with E-state index in [1.54, 1.807) is 0 Å². The van der Waals surface area contributed by atoms with Crippen molar-refractivity contribution >= 4 is 18.3 Å². The lowest BCUT2D eigenvalue weighted by molar-refractivity contribution is 0.0760. The topological polar surface area (TPSA) is 75.8 Å². The molecule has 5 nitrogen and oxygen atoms in total. The molecule has 0 spiro atoms. The summed E-state index contributed by atoms with van der Waals surface area (Å²) >= 11 is 0. The largest absolute Gasteiger partial charge is 0.457 e. The SMILES string of the molecule is Cl.NCCc1ccc(Oc2ccc(F)c(C(=O)N3CCC(O)C3)c2)cc1. The van der Waals surface area contributed by atoms with E-state index in [0.717, 1.165) is 12.0 Å². The molecule has 140 valence electrons. The molecule has 0 bridgehead atoms. The predicted molar refractivity (Wildman–Crippen MR) is 99.4 cm³/mol. The quantitative estimate of drug-likeness (QED) is 0.836. The van der Waals surface area contributed by atoms with Crippen LogP contribution < -0.4 is 10.5 Å². The first kappa shape index (κ1) is 20.2. The fourth-order valence-corrected chi connectivity index (χ4v) is 2.86. The Kier molecular flexibility index (Phi) is 6.97. The molecule has 0 aromatic heterocycles. The minimum atomic E-state index is -0.600. The van der Waals surface area contributed by atoms with E-state index in [9.17, 15) is 14.3 Å². The van der Waals surface area contributed by atoms with Gasteiger partial charge in [-0.2, -0.15) is 0 Å². The molecule has 1 fully saturated rings. The van der Waals surface area contributed by atoms with Gasteiger partial charge in [-0.1, -0.05) is 12.1 Å². The van der Waals surface area contributed by atoms with Gasteiger partial charge in [-0.25, -0.2) is 4.39 Å². The Bertz CT molecular complexity index is 755. The van der Waals surface area contributed by atoms with Crippen LogP contribution in [0.5, 0.6) is 11.5 Å². The highest BCUT2D eigenvalue weighted by molar-refractivity contribution is 5.95. The minimum Gasteiger partial charge on any atom is -0.457 e. The number of aliphatic hydroxyl groups excluding tert-OH is 1. The molecule has 1 aliphatic heterocycles. The number of halogens is 2. The molecule has 1 aliphatic rings.